The molecule has 0 aromatic carbocycles. The van der Waals surface area contributed by atoms with Gasteiger partial charge in [-0.2, -0.15) is 0 Å². The van der Waals surface area contributed by atoms with Gasteiger partial charge in [-0.1, -0.05) is 20.3 Å². The molecule has 0 radical (unpaired) electrons. The molecule has 1 unspecified atom stereocenters. The zero-order valence-corrected chi connectivity index (χ0v) is 5.02. The fourth-order valence-corrected chi connectivity index (χ4v) is 1.22. The number of hydrogen-bond acceptors (Lipinski definition) is 1. The minimum absolute atomic E-state index is 0.532. The molecule has 0 bridgehead atoms. The molecule has 1 fully saturated rings. The fraction of sp³-hybridized carbons (Fsp3) is 1.00. The van der Waals surface area contributed by atoms with Gasteiger partial charge in [-0.25, -0.2) is 0 Å². The molecule has 0 heterocycles. The van der Waals surface area contributed by atoms with Gasteiger partial charge in [0.25, 0.3) is 0 Å². The maximum atomic E-state index is 5.62. The van der Waals surface area contributed by atoms with Crippen LogP contribution in [0.2, 0.25) is 0 Å². The van der Waals surface area contributed by atoms with E-state index in [1.165, 1.54) is 6.42 Å². The Labute approximate surface area is 44.9 Å². The fourth-order valence-electron chi connectivity index (χ4n) is 1.22. The zero-order valence-electron chi connectivity index (χ0n) is 5.02. The number of hydrogen-bond donors (Lipinski definition) is 1. The summed E-state index contributed by atoms with van der Waals surface area (Å²) in [5.74, 6) is 1.66. The van der Waals surface area contributed by atoms with Crippen LogP contribution >= 0.6 is 0 Å². The molecule has 2 N–H and O–H groups in total. The molecule has 42 valence electrons. The van der Waals surface area contributed by atoms with Crippen LogP contribution in [-0.2, 0) is 0 Å². The third-order valence-corrected chi connectivity index (χ3v) is 2.11. The summed E-state index contributed by atoms with van der Waals surface area (Å²) in [5.41, 5.74) is 5.62. The minimum Gasteiger partial charge on any atom is -0.327 e. The molecular weight excluding hydrogens is 86.1 g/mol. The predicted molar refractivity (Wildman–Crippen MR) is 30.9 cm³/mol. The molecule has 3 atom stereocenters. The summed E-state index contributed by atoms with van der Waals surface area (Å²) >= 11 is 0. The van der Waals surface area contributed by atoms with Gasteiger partial charge in [0, 0.05) is 6.04 Å². The van der Waals surface area contributed by atoms with E-state index in [1.54, 1.807) is 0 Å². The maximum absolute atomic E-state index is 5.62. The summed E-state index contributed by atoms with van der Waals surface area (Å²) < 4.78 is 0. The lowest BCUT2D eigenvalue weighted by Crippen LogP contribution is -2.01. The van der Waals surface area contributed by atoms with E-state index in [9.17, 15) is 0 Å². The van der Waals surface area contributed by atoms with Crippen molar-refractivity contribution in [3.63, 3.8) is 0 Å². The summed E-state index contributed by atoms with van der Waals surface area (Å²) in [5, 5.41) is 0. The Balaban J connectivity index is 2.24. The molecule has 1 aliphatic carbocycles. The van der Waals surface area contributed by atoms with Crippen LogP contribution in [0.5, 0.6) is 0 Å². The van der Waals surface area contributed by atoms with Crippen molar-refractivity contribution in [3.05, 3.63) is 0 Å². The van der Waals surface area contributed by atoms with Gasteiger partial charge in [-0.15, -0.1) is 0 Å². The van der Waals surface area contributed by atoms with Gasteiger partial charge in [0.15, 0.2) is 0 Å². The van der Waals surface area contributed by atoms with Crippen molar-refractivity contribution in [3.8, 4) is 0 Å². The van der Waals surface area contributed by atoms with Gasteiger partial charge in [-0.05, 0) is 11.8 Å². The summed E-state index contributed by atoms with van der Waals surface area (Å²) in [7, 11) is 0. The Bertz CT molecular complexity index is 62.6. The van der Waals surface area contributed by atoms with Crippen molar-refractivity contribution in [2.45, 2.75) is 26.3 Å². The first-order valence-corrected chi connectivity index (χ1v) is 3.03. The van der Waals surface area contributed by atoms with E-state index < -0.39 is 0 Å². The molecule has 7 heavy (non-hydrogen) atoms. The van der Waals surface area contributed by atoms with E-state index >= 15 is 0 Å². The standard InChI is InChI=1S/C6H13N/c1-3-5-4(2)6(5)7/h4-6H,3,7H2,1-2H3/t4?,5-,6+/m0/s1. The lowest BCUT2D eigenvalue weighted by atomic mass is 10.3. The Morgan fingerprint density at radius 2 is 2.00 bits per heavy atom. The second-order valence-corrected chi connectivity index (χ2v) is 2.51. The molecule has 0 saturated heterocycles. The molecular formula is C6H13N. The van der Waals surface area contributed by atoms with Crippen LogP contribution in [0.4, 0.5) is 0 Å². The lowest BCUT2D eigenvalue weighted by molar-refractivity contribution is 0.717. The molecule has 0 aromatic heterocycles. The van der Waals surface area contributed by atoms with E-state index in [1.807, 2.05) is 0 Å². The molecule has 0 aliphatic heterocycles. The summed E-state index contributed by atoms with van der Waals surface area (Å²) in [6.07, 6.45) is 1.27. The Hall–Kier alpha value is -0.0400. The molecule has 0 amide bonds. The Kier molecular flexibility index (Phi) is 1.08. The zero-order chi connectivity index (χ0) is 5.44. The average molecular weight is 99.2 g/mol. The van der Waals surface area contributed by atoms with Gasteiger partial charge in [0.1, 0.15) is 0 Å². The molecule has 1 heteroatoms. The van der Waals surface area contributed by atoms with E-state index in [0.717, 1.165) is 11.8 Å². The van der Waals surface area contributed by atoms with Crippen molar-refractivity contribution in [1.82, 2.24) is 0 Å². The Morgan fingerprint density at radius 3 is 2.00 bits per heavy atom. The Morgan fingerprint density at radius 1 is 1.57 bits per heavy atom. The molecule has 1 aliphatic rings. The van der Waals surface area contributed by atoms with Crippen molar-refractivity contribution in [2.75, 3.05) is 0 Å². The number of nitrogens with two attached hydrogens (primary N) is 1. The first-order chi connectivity index (χ1) is 3.27. The number of rotatable bonds is 1. The molecule has 1 saturated carbocycles. The molecule has 0 aromatic rings. The second kappa shape index (κ2) is 1.48. The van der Waals surface area contributed by atoms with Gasteiger partial charge >= 0.3 is 0 Å². The van der Waals surface area contributed by atoms with E-state index in [-0.39, 0.29) is 0 Å². The summed E-state index contributed by atoms with van der Waals surface area (Å²) in [4.78, 5) is 0. The third kappa shape index (κ3) is 0.653. The predicted octanol–water partition coefficient (Wildman–Crippen LogP) is 0.990. The topological polar surface area (TPSA) is 26.0 Å². The van der Waals surface area contributed by atoms with Crippen LogP contribution in [0.3, 0.4) is 0 Å². The molecule has 1 nitrogen and oxygen atoms in total. The van der Waals surface area contributed by atoms with Crippen molar-refractivity contribution in [1.29, 1.82) is 0 Å². The van der Waals surface area contributed by atoms with Crippen LogP contribution in [0.15, 0.2) is 0 Å². The summed E-state index contributed by atoms with van der Waals surface area (Å²) in [6.45, 7) is 4.42. The first kappa shape index (κ1) is 5.10. The summed E-state index contributed by atoms with van der Waals surface area (Å²) in [6, 6.07) is 0.532. The van der Waals surface area contributed by atoms with Gasteiger partial charge in [0.2, 0.25) is 0 Å². The van der Waals surface area contributed by atoms with Crippen molar-refractivity contribution >= 4 is 0 Å². The van der Waals surface area contributed by atoms with Crippen LogP contribution in [0, 0.1) is 11.8 Å². The first-order valence-electron chi connectivity index (χ1n) is 3.03. The van der Waals surface area contributed by atoms with Crippen LogP contribution in [0.1, 0.15) is 20.3 Å². The molecule has 0 spiro atoms. The van der Waals surface area contributed by atoms with E-state index in [2.05, 4.69) is 13.8 Å². The largest absolute Gasteiger partial charge is 0.327 e. The average Bonchev–Trinajstić information content (AvgIpc) is 2.17. The highest BCUT2D eigenvalue weighted by Gasteiger charge is 2.41. The highest BCUT2D eigenvalue weighted by atomic mass is 14.8. The molecule has 1 rings (SSSR count). The second-order valence-electron chi connectivity index (χ2n) is 2.51. The van der Waals surface area contributed by atoms with Crippen LogP contribution in [-0.4, -0.2) is 6.04 Å². The normalized spacial score (nSPS) is 49.3. The van der Waals surface area contributed by atoms with Crippen molar-refractivity contribution in [2.24, 2.45) is 17.6 Å². The minimum atomic E-state index is 0.532. The monoisotopic (exact) mass is 99.1 g/mol. The highest BCUT2D eigenvalue weighted by molar-refractivity contribution is 4.96. The van der Waals surface area contributed by atoms with Gasteiger partial charge < -0.3 is 5.73 Å². The van der Waals surface area contributed by atoms with Crippen LogP contribution in [0.25, 0.3) is 0 Å². The lowest BCUT2D eigenvalue weighted by Gasteiger charge is -1.80. The van der Waals surface area contributed by atoms with Gasteiger partial charge in [-0.3, -0.25) is 0 Å². The quantitative estimate of drug-likeness (QED) is 0.521. The van der Waals surface area contributed by atoms with Gasteiger partial charge in [0.05, 0.1) is 0 Å². The SMILES string of the molecule is CC[C@H]1C(C)[C@H]1N. The van der Waals surface area contributed by atoms with E-state index in [4.69, 9.17) is 5.73 Å². The third-order valence-electron chi connectivity index (χ3n) is 2.11. The van der Waals surface area contributed by atoms with Crippen LogP contribution < -0.4 is 5.73 Å². The van der Waals surface area contributed by atoms with Crippen molar-refractivity contribution < 1.29 is 0 Å². The smallest absolute Gasteiger partial charge is 0.00992 e. The highest BCUT2D eigenvalue weighted by Crippen LogP contribution is 2.38. The maximum Gasteiger partial charge on any atom is 0.00992 e. The van der Waals surface area contributed by atoms with E-state index in [0.29, 0.717) is 6.04 Å².